The van der Waals surface area contributed by atoms with Gasteiger partial charge < -0.3 is 4.90 Å². The molecule has 98 valence electrons. The number of amides is 2. The second-order valence-electron chi connectivity index (χ2n) is 4.52. The van der Waals surface area contributed by atoms with E-state index >= 15 is 0 Å². The van der Waals surface area contributed by atoms with Crippen molar-refractivity contribution in [1.82, 2.24) is 4.90 Å². The number of urea groups is 1. The third-order valence-corrected chi connectivity index (χ3v) is 3.02. The molecule has 2 aromatic rings. The zero-order valence-electron chi connectivity index (χ0n) is 11.3. The number of para-hydroxylation sites is 1. The summed E-state index contributed by atoms with van der Waals surface area (Å²) in [4.78, 5) is 15.7. The van der Waals surface area contributed by atoms with Crippen LogP contribution in [0.5, 0.6) is 0 Å². The number of rotatable bonds is 3. The Hall–Kier alpha value is -2.29. The number of hydrogen-bond donors (Lipinski definition) is 0. The van der Waals surface area contributed by atoms with Gasteiger partial charge in [-0.1, -0.05) is 48.5 Å². The predicted octanol–water partition coefficient (Wildman–Crippen LogP) is 3.37. The standard InChI is InChI=1S/C16H18N2O/c1-17(13-14-9-5-3-6-10-14)16(19)18(2)15-11-7-4-8-12-15/h3-12H,13H2,1-2H3. The first-order chi connectivity index (χ1) is 9.18. The summed E-state index contributed by atoms with van der Waals surface area (Å²) in [5.74, 6) is 0. The molecule has 0 saturated carbocycles. The Morgan fingerprint density at radius 1 is 0.895 bits per heavy atom. The Morgan fingerprint density at radius 2 is 1.42 bits per heavy atom. The van der Waals surface area contributed by atoms with Crippen LogP contribution in [-0.4, -0.2) is 25.0 Å². The topological polar surface area (TPSA) is 23.6 Å². The van der Waals surface area contributed by atoms with Crippen LogP contribution < -0.4 is 4.90 Å². The van der Waals surface area contributed by atoms with Gasteiger partial charge in [-0.05, 0) is 17.7 Å². The van der Waals surface area contributed by atoms with E-state index in [0.717, 1.165) is 11.3 Å². The molecule has 0 heterocycles. The van der Waals surface area contributed by atoms with Gasteiger partial charge in [0.25, 0.3) is 0 Å². The van der Waals surface area contributed by atoms with Crippen LogP contribution in [0.15, 0.2) is 60.7 Å². The minimum absolute atomic E-state index is 0.0185. The van der Waals surface area contributed by atoms with Gasteiger partial charge in [-0.25, -0.2) is 4.79 Å². The number of nitrogens with zero attached hydrogens (tertiary/aromatic N) is 2. The predicted molar refractivity (Wildman–Crippen MR) is 78.2 cm³/mol. The van der Waals surface area contributed by atoms with Crippen LogP contribution in [0.1, 0.15) is 5.56 Å². The molecule has 2 rings (SSSR count). The van der Waals surface area contributed by atoms with E-state index in [0.29, 0.717) is 6.54 Å². The summed E-state index contributed by atoms with van der Waals surface area (Å²) in [5, 5.41) is 0. The Balaban J connectivity index is 2.03. The minimum atomic E-state index is -0.0185. The molecular weight excluding hydrogens is 236 g/mol. The molecule has 0 aliphatic rings. The summed E-state index contributed by atoms with van der Waals surface area (Å²) in [6.07, 6.45) is 0. The molecule has 0 bridgehead atoms. The van der Waals surface area contributed by atoms with Gasteiger partial charge in [0, 0.05) is 26.3 Å². The smallest absolute Gasteiger partial charge is 0.323 e. The molecule has 0 aromatic heterocycles. The van der Waals surface area contributed by atoms with Gasteiger partial charge in [-0.15, -0.1) is 0 Å². The monoisotopic (exact) mass is 254 g/mol. The second kappa shape index (κ2) is 6.05. The Bertz CT molecular complexity index is 525. The Kier molecular flexibility index (Phi) is 4.18. The summed E-state index contributed by atoms with van der Waals surface area (Å²) in [6, 6.07) is 19.6. The zero-order valence-corrected chi connectivity index (χ0v) is 11.3. The largest absolute Gasteiger partial charge is 0.324 e. The van der Waals surface area contributed by atoms with Crippen molar-refractivity contribution in [3.8, 4) is 0 Å². The first kappa shape index (κ1) is 13.1. The van der Waals surface area contributed by atoms with Crippen LogP contribution in [0.4, 0.5) is 10.5 Å². The summed E-state index contributed by atoms with van der Waals surface area (Å²) in [6.45, 7) is 0.608. The van der Waals surface area contributed by atoms with Crippen LogP contribution in [0.25, 0.3) is 0 Å². The van der Waals surface area contributed by atoms with Crippen molar-refractivity contribution < 1.29 is 4.79 Å². The molecule has 3 heteroatoms. The van der Waals surface area contributed by atoms with E-state index in [1.54, 1.807) is 16.8 Å². The van der Waals surface area contributed by atoms with Crippen molar-refractivity contribution >= 4 is 11.7 Å². The number of benzene rings is 2. The maximum atomic E-state index is 12.3. The van der Waals surface area contributed by atoms with Crippen LogP contribution >= 0.6 is 0 Å². The molecule has 0 spiro atoms. The van der Waals surface area contributed by atoms with E-state index < -0.39 is 0 Å². The van der Waals surface area contributed by atoms with E-state index in [-0.39, 0.29) is 6.03 Å². The lowest BCUT2D eigenvalue weighted by atomic mass is 10.2. The molecule has 0 atom stereocenters. The molecular formula is C16H18N2O. The van der Waals surface area contributed by atoms with E-state index in [2.05, 4.69) is 0 Å². The van der Waals surface area contributed by atoms with Gasteiger partial charge in [-0.3, -0.25) is 4.90 Å². The molecule has 2 aromatic carbocycles. The molecule has 0 unspecified atom stereocenters. The lowest BCUT2D eigenvalue weighted by Crippen LogP contribution is -2.38. The maximum Gasteiger partial charge on any atom is 0.324 e. The van der Waals surface area contributed by atoms with Crippen molar-refractivity contribution in [1.29, 1.82) is 0 Å². The van der Waals surface area contributed by atoms with Crippen molar-refractivity contribution in [2.75, 3.05) is 19.0 Å². The molecule has 0 radical (unpaired) electrons. The van der Waals surface area contributed by atoms with E-state index in [1.807, 2.05) is 67.7 Å². The lowest BCUT2D eigenvalue weighted by molar-refractivity contribution is 0.215. The van der Waals surface area contributed by atoms with Gasteiger partial charge in [0.2, 0.25) is 0 Å². The summed E-state index contributed by atoms with van der Waals surface area (Å²) in [7, 11) is 3.61. The van der Waals surface area contributed by atoms with Gasteiger partial charge in [0.05, 0.1) is 0 Å². The molecule has 0 saturated heterocycles. The second-order valence-corrected chi connectivity index (χ2v) is 4.52. The SMILES string of the molecule is CN(Cc1ccccc1)C(=O)N(C)c1ccccc1. The molecule has 19 heavy (non-hydrogen) atoms. The zero-order chi connectivity index (χ0) is 13.7. The maximum absolute atomic E-state index is 12.3. The summed E-state index contributed by atoms with van der Waals surface area (Å²) < 4.78 is 0. The average Bonchev–Trinajstić information content (AvgIpc) is 2.47. The Morgan fingerprint density at radius 3 is 2.00 bits per heavy atom. The lowest BCUT2D eigenvalue weighted by Gasteiger charge is -2.25. The number of anilines is 1. The number of hydrogen-bond acceptors (Lipinski definition) is 1. The Labute approximate surface area is 114 Å². The highest BCUT2D eigenvalue weighted by molar-refractivity contribution is 5.91. The van der Waals surface area contributed by atoms with Crippen LogP contribution in [0.2, 0.25) is 0 Å². The van der Waals surface area contributed by atoms with Gasteiger partial charge in [0.1, 0.15) is 0 Å². The average molecular weight is 254 g/mol. The fourth-order valence-electron chi connectivity index (χ4n) is 1.94. The summed E-state index contributed by atoms with van der Waals surface area (Å²) in [5.41, 5.74) is 2.02. The normalized spacial score (nSPS) is 10.0. The van der Waals surface area contributed by atoms with Gasteiger partial charge in [-0.2, -0.15) is 0 Å². The van der Waals surface area contributed by atoms with Crippen molar-refractivity contribution in [2.24, 2.45) is 0 Å². The molecule has 0 aliphatic carbocycles. The fourth-order valence-corrected chi connectivity index (χ4v) is 1.94. The first-order valence-electron chi connectivity index (χ1n) is 6.26. The van der Waals surface area contributed by atoms with E-state index in [4.69, 9.17) is 0 Å². The fraction of sp³-hybridized carbons (Fsp3) is 0.188. The highest BCUT2D eigenvalue weighted by atomic mass is 16.2. The van der Waals surface area contributed by atoms with Crippen LogP contribution in [0.3, 0.4) is 0 Å². The van der Waals surface area contributed by atoms with Crippen molar-refractivity contribution in [2.45, 2.75) is 6.54 Å². The molecule has 0 fully saturated rings. The number of carbonyl (C=O) groups excluding carboxylic acids is 1. The van der Waals surface area contributed by atoms with Crippen LogP contribution in [-0.2, 0) is 6.54 Å². The third-order valence-electron chi connectivity index (χ3n) is 3.02. The first-order valence-corrected chi connectivity index (χ1v) is 6.26. The molecule has 3 nitrogen and oxygen atoms in total. The molecule has 2 amide bonds. The highest BCUT2D eigenvalue weighted by Crippen LogP contribution is 2.13. The van der Waals surface area contributed by atoms with Gasteiger partial charge in [0.15, 0.2) is 0 Å². The van der Waals surface area contributed by atoms with E-state index in [9.17, 15) is 4.79 Å². The van der Waals surface area contributed by atoms with Crippen molar-refractivity contribution in [3.05, 3.63) is 66.2 Å². The minimum Gasteiger partial charge on any atom is -0.323 e. The van der Waals surface area contributed by atoms with Gasteiger partial charge >= 0.3 is 6.03 Å². The van der Waals surface area contributed by atoms with E-state index in [1.165, 1.54) is 0 Å². The number of carbonyl (C=O) groups is 1. The summed E-state index contributed by atoms with van der Waals surface area (Å²) >= 11 is 0. The quantitative estimate of drug-likeness (QED) is 0.823. The highest BCUT2D eigenvalue weighted by Gasteiger charge is 2.15. The van der Waals surface area contributed by atoms with Crippen LogP contribution in [0, 0.1) is 0 Å². The van der Waals surface area contributed by atoms with Crippen molar-refractivity contribution in [3.63, 3.8) is 0 Å². The molecule has 0 N–H and O–H groups in total. The third kappa shape index (κ3) is 3.35. The molecule has 0 aliphatic heterocycles.